The van der Waals surface area contributed by atoms with Crippen LogP contribution in [0.25, 0.3) is 0 Å². The summed E-state index contributed by atoms with van der Waals surface area (Å²) in [6.45, 7) is 6.60. The van der Waals surface area contributed by atoms with Crippen molar-refractivity contribution in [3.05, 3.63) is 23.3 Å². The first kappa shape index (κ1) is 18.6. The summed E-state index contributed by atoms with van der Waals surface area (Å²) in [5.74, 6) is 0.965. The van der Waals surface area contributed by atoms with Crippen molar-refractivity contribution in [2.24, 2.45) is 27.2 Å². The maximum Gasteiger partial charge on any atom is 0.218 e. The summed E-state index contributed by atoms with van der Waals surface area (Å²) in [4.78, 5) is 7.70. The van der Waals surface area contributed by atoms with E-state index in [4.69, 9.17) is 21.9 Å². The highest BCUT2D eigenvalue weighted by Crippen LogP contribution is 2.37. The fourth-order valence-electron chi connectivity index (χ4n) is 2.18. The third-order valence-electron chi connectivity index (χ3n) is 3.33. The number of guanidine groups is 2. The Labute approximate surface area is 137 Å². The van der Waals surface area contributed by atoms with E-state index in [1.807, 2.05) is 32.9 Å². The number of nitrogens with zero attached hydrogens (tertiary/aromatic N) is 2. The number of ether oxygens (including phenoxy) is 1. The fourth-order valence-corrected chi connectivity index (χ4v) is 2.18. The topological polar surface area (TPSA) is 132 Å². The molecule has 0 fully saturated rings. The Morgan fingerprint density at radius 3 is 2.39 bits per heavy atom. The Bertz CT molecular complexity index is 599. The number of benzene rings is 1. The molecule has 0 aliphatic heterocycles. The summed E-state index contributed by atoms with van der Waals surface area (Å²) in [6, 6.07) is 3.71. The summed E-state index contributed by atoms with van der Waals surface area (Å²) in [5.41, 5.74) is 17.5. The standard InChI is InChI=1S/C16H27N5O2/c1-16(2,3)12-9-11(23-4)8-10(13(12)22)6-5-7-20-15(19)21-14(17)18/h8-9,22H,5-7H2,1-4H3,(H6,17,18,19,20,21). The van der Waals surface area contributed by atoms with E-state index < -0.39 is 0 Å². The quantitative estimate of drug-likeness (QED) is 0.368. The van der Waals surface area contributed by atoms with Crippen LogP contribution < -0.4 is 21.9 Å². The van der Waals surface area contributed by atoms with Crippen LogP contribution in [0.2, 0.25) is 0 Å². The zero-order valence-electron chi connectivity index (χ0n) is 14.3. The molecule has 0 radical (unpaired) electrons. The molecule has 1 aromatic carbocycles. The number of aromatic hydroxyl groups is 1. The number of rotatable bonds is 5. The van der Waals surface area contributed by atoms with Crippen LogP contribution in [0.5, 0.6) is 11.5 Å². The van der Waals surface area contributed by atoms with E-state index in [9.17, 15) is 5.11 Å². The molecule has 0 heterocycles. The average molecular weight is 321 g/mol. The Hall–Kier alpha value is -2.44. The second-order valence-corrected chi connectivity index (χ2v) is 6.31. The highest BCUT2D eigenvalue weighted by Gasteiger charge is 2.21. The predicted molar refractivity (Wildman–Crippen MR) is 94.0 cm³/mol. The average Bonchev–Trinajstić information content (AvgIpc) is 2.43. The zero-order valence-corrected chi connectivity index (χ0v) is 14.3. The largest absolute Gasteiger partial charge is 0.507 e. The number of phenols is 1. The van der Waals surface area contributed by atoms with Crippen LogP contribution in [0, 0.1) is 0 Å². The highest BCUT2D eigenvalue weighted by atomic mass is 16.5. The van der Waals surface area contributed by atoms with E-state index in [1.54, 1.807) is 7.11 Å². The Morgan fingerprint density at radius 1 is 1.22 bits per heavy atom. The SMILES string of the molecule is COc1cc(CCCN=C(N)N=C(N)N)c(O)c(C(C)(C)C)c1. The summed E-state index contributed by atoms with van der Waals surface area (Å²) >= 11 is 0. The van der Waals surface area contributed by atoms with Gasteiger partial charge in [-0.05, 0) is 36.0 Å². The molecule has 0 bridgehead atoms. The van der Waals surface area contributed by atoms with Gasteiger partial charge in [0.2, 0.25) is 5.96 Å². The van der Waals surface area contributed by atoms with Crippen LogP contribution in [-0.4, -0.2) is 30.7 Å². The van der Waals surface area contributed by atoms with Crippen LogP contribution >= 0.6 is 0 Å². The van der Waals surface area contributed by atoms with Crippen molar-refractivity contribution in [1.29, 1.82) is 0 Å². The number of hydrogen-bond donors (Lipinski definition) is 4. The molecular weight excluding hydrogens is 294 g/mol. The Kier molecular flexibility index (Phi) is 6.24. The van der Waals surface area contributed by atoms with Crippen molar-refractivity contribution >= 4 is 11.9 Å². The maximum atomic E-state index is 10.5. The van der Waals surface area contributed by atoms with E-state index in [1.165, 1.54) is 0 Å². The molecule has 128 valence electrons. The molecule has 7 heteroatoms. The maximum absolute atomic E-state index is 10.5. The van der Waals surface area contributed by atoms with Crippen molar-refractivity contribution in [2.75, 3.05) is 13.7 Å². The lowest BCUT2D eigenvalue weighted by molar-refractivity contribution is 0.402. The fraction of sp³-hybridized carbons (Fsp3) is 0.500. The minimum atomic E-state index is -0.177. The number of hydrogen-bond acceptors (Lipinski definition) is 3. The van der Waals surface area contributed by atoms with Crippen LogP contribution in [0.1, 0.15) is 38.3 Å². The van der Waals surface area contributed by atoms with Crippen molar-refractivity contribution in [2.45, 2.75) is 39.0 Å². The normalized spacial score (nSPS) is 12.1. The minimum absolute atomic E-state index is 0.0512. The first-order chi connectivity index (χ1) is 10.6. The molecule has 1 aromatic rings. The molecule has 23 heavy (non-hydrogen) atoms. The van der Waals surface area contributed by atoms with Gasteiger partial charge in [0.1, 0.15) is 11.5 Å². The molecule has 7 nitrogen and oxygen atoms in total. The number of aliphatic imine (C=N–C) groups is 2. The van der Waals surface area contributed by atoms with Gasteiger partial charge in [0.15, 0.2) is 5.96 Å². The van der Waals surface area contributed by atoms with E-state index >= 15 is 0 Å². The van der Waals surface area contributed by atoms with Gasteiger partial charge in [-0.1, -0.05) is 20.8 Å². The second kappa shape index (κ2) is 7.71. The van der Waals surface area contributed by atoms with Gasteiger partial charge in [0, 0.05) is 12.1 Å². The van der Waals surface area contributed by atoms with Crippen molar-refractivity contribution < 1.29 is 9.84 Å². The smallest absolute Gasteiger partial charge is 0.218 e. The molecule has 0 spiro atoms. The van der Waals surface area contributed by atoms with Gasteiger partial charge >= 0.3 is 0 Å². The molecule has 7 N–H and O–H groups in total. The molecule has 0 amide bonds. The monoisotopic (exact) mass is 321 g/mol. The van der Waals surface area contributed by atoms with Gasteiger partial charge in [-0.3, -0.25) is 4.99 Å². The highest BCUT2D eigenvalue weighted by molar-refractivity contribution is 5.92. The van der Waals surface area contributed by atoms with Crippen molar-refractivity contribution in [1.82, 2.24) is 0 Å². The lowest BCUT2D eigenvalue weighted by atomic mass is 9.84. The number of aryl methyl sites for hydroxylation is 1. The summed E-state index contributed by atoms with van der Waals surface area (Å²) < 4.78 is 5.33. The van der Waals surface area contributed by atoms with Crippen molar-refractivity contribution in [3.63, 3.8) is 0 Å². The summed E-state index contributed by atoms with van der Waals surface area (Å²) in [5, 5.41) is 10.5. The second-order valence-electron chi connectivity index (χ2n) is 6.31. The van der Waals surface area contributed by atoms with Crippen LogP contribution in [0.15, 0.2) is 22.1 Å². The molecule has 0 aromatic heterocycles. The van der Waals surface area contributed by atoms with Gasteiger partial charge in [-0.2, -0.15) is 4.99 Å². The van der Waals surface area contributed by atoms with E-state index in [0.29, 0.717) is 25.1 Å². The zero-order chi connectivity index (χ0) is 17.6. The predicted octanol–water partition coefficient (Wildman–Crippen LogP) is 1.22. The molecule has 0 saturated carbocycles. The third-order valence-corrected chi connectivity index (χ3v) is 3.33. The van der Waals surface area contributed by atoms with Crippen LogP contribution in [0.4, 0.5) is 0 Å². The van der Waals surface area contributed by atoms with Gasteiger partial charge in [0.25, 0.3) is 0 Å². The first-order valence-electron chi connectivity index (χ1n) is 7.45. The lowest BCUT2D eigenvalue weighted by Gasteiger charge is -2.23. The van der Waals surface area contributed by atoms with E-state index in [2.05, 4.69) is 9.98 Å². The van der Waals surface area contributed by atoms with Gasteiger partial charge in [0.05, 0.1) is 7.11 Å². The summed E-state index contributed by atoms with van der Waals surface area (Å²) in [7, 11) is 1.61. The molecule has 1 rings (SSSR count). The van der Waals surface area contributed by atoms with E-state index in [-0.39, 0.29) is 17.3 Å². The molecule has 0 atom stereocenters. The number of methoxy groups -OCH3 is 1. The van der Waals surface area contributed by atoms with Gasteiger partial charge < -0.3 is 27.0 Å². The summed E-state index contributed by atoms with van der Waals surface area (Å²) in [6.07, 6.45) is 1.34. The van der Waals surface area contributed by atoms with Crippen LogP contribution in [0.3, 0.4) is 0 Å². The van der Waals surface area contributed by atoms with Gasteiger partial charge in [-0.15, -0.1) is 0 Å². The number of nitrogens with two attached hydrogens (primary N) is 3. The number of phenolic OH excluding ortho intramolecular Hbond substituents is 1. The molecule has 0 aliphatic rings. The lowest BCUT2D eigenvalue weighted by Crippen LogP contribution is -2.26. The van der Waals surface area contributed by atoms with Gasteiger partial charge in [-0.25, -0.2) is 0 Å². The molecule has 0 unspecified atom stereocenters. The minimum Gasteiger partial charge on any atom is -0.507 e. The van der Waals surface area contributed by atoms with Crippen molar-refractivity contribution in [3.8, 4) is 11.5 Å². The molecular formula is C16H27N5O2. The Morgan fingerprint density at radius 2 is 1.87 bits per heavy atom. The third kappa shape index (κ3) is 5.69. The van der Waals surface area contributed by atoms with Crippen LogP contribution in [-0.2, 0) is 11.8 Å². The van der Waals surface area contributed by atoms with E-state index in [0.717, 1.165) is 16.9 Å². The Balaban J connectivity index is 2.87. The molecule has 0 saturated heterocycles. The molecule has 0 aliphatic carbocycles. The first-order valence-corrected chi connectivity index (χ1v) is 7.45.